The van der Waals surface area contributed by atoms with Gasteiger partial charge in [0.05, 0.1) is 17.9 Å². The van der Waals surface area contributed by atoms with Crippen molar-refractivity contribution in [2.45, 2.75) is 26.3 Å². The molecule has 4 heterocycles. The predicted octanol–water partition coefficient (Wildman–Crippen LogP) is 3.03. The average Bonchev–Trinajstić information content (AvgIpc) is 3.34. The largest absolute Gasteiger partial charge is 0.359 e. The van der Waals surface area contributed by atoms with Crippen LogP contribution >= 0.6 is 0 Å². The van der Waals surface area contributed by atoms with E-state index in [2.05, 4.69) is 47.0 Å². The monoisotopic (exact) mass is 376 g/mol. The van der Waals surface area contributed by atoms with Crippen molar-refractivity contribution in [3.63, 3.8) is 0 Å². The number of nitrogens with zero attached hydrogens (tertiary/aromatic N) is 5. The number of hydrogen-bond donors (Lipinski definition) is 3. The Kier molecular flexibility index (Phi) is 5.23. The lowest BCUT2D eigenvalue weighted by molar-refractivity contribution is 0.384. The highest BCUT2D eigenvalue weighted by Crippen LogP contribution is 2.15. The van der Waals surface area contributed by atoms with Crippen molar-refractivity contribution in [1.29, 1.82) is 0 Å². The molecule has 3 N–H and O–H groups in total. The fraction of sp³-hybridized carbons (Fsp3) is 0.211. The SMILES string of the molecule is Cc1cc(CNc2nccc(Nc3cc(CCc4cccnc4)n[nH]3)n2)on1. The number of aryl methyl sites for hydroxylation is 3. The van der Waals surface area contributed by atoms with Crippen LogP contribution in [0.15, 0.2) is 53.4 Å². The number of anilines is 3. The fourth-order valence-corrected chi connectivity index (χ4v) is 2.69. The van der Waals surface area contributed by atoms with Crippen molar-refractivity contribution in [2.24, 2.45) is 0 Å². The van der Waals surface area contributed by atoms with Gasteiger partial charge in [-0.15, -0.1) is 0 Å². The van der Waals surface area contributed by atoms with E-state index < -0.39 is 0 Å². The molecule has 0 aliphatic carbocycles. The Morgan fingerprint density at radius 3 is 2.93 bits per heavy atom. The molecule has 0 saturated heterocycles. The summed E-state index contributed by atoms with van der Waals surface area (Å²) in [5.74, 6) is 2.66. The highest BCUT2D eigenvalue weighted by Gasteiger charge is 2.06. The Bertz CT molecular complexity index is 1030. The van der Waals surface area contributed by atoms with Gasteiger partial charge in [0.2, 0.25) is 5.95 Å². The zero-order chi connectivity index (χ0) is 19.2. The Morgan fingerprint density at radius 1 is 1.14 bits per heavy atom. The van der Waals surface area contributed by atoms with Crippen molar-refractivity contribution < 1.29 is 4.52 Å². The van der Waals surface area contributed by atoms with E-state index in [1.165, 1.54) is 5.56 Å². The van der Waals surface area contributed by atoms with E-state index >= 15 is 0 Å². The first kappa shape index (κ1) is 17.7. The molecule has 0 atom stereocenters. The Hall–Kier alpha value is -3.75. The number of rotatable bonds is 8. The van der Waals surface area contributed by atoms with Gasteiger partial charge in [-0.2, -0.15) is 10.1 Å². The first-order valence-electron chi connectivity index (χ1n) is 8.94. The number of pyridine rings is 1. The smallest absolute Gasteiger partial charge is 0.224 e. The number of nitrogens with one attached hydrogen (secondary N) is 3. The van der Waals surface area contributed by atoms with E-state index in [4.69, 9.17) is 4.52 Å². The molecule has 0 unspecified atom stereocenters. The number of aromatic nitrogens is 6. The zero-order valence-electron chi connectivity index (χ0n) is 15.4. The van der Waals surface area contributed by atoms with E-state index in [9.17, 15) is 0 Å². The molecular weight excluding hydrogens is 356 g/mol. The van der Waals surface area contributed by atoms with Crippen LogP contribution in [-0.4, -0.2) is 30.3 Å². The summed E-state index contributed by atoms with van der Waals surface area (Å²) in [6.45, 7) is 2.34. The molecular formula is C19H20N8O. The van der Waals surface area contributed by atoms with Crippen LogP contribution in [0.4, 0.5) is 17.6 Å². The summed E-state index contributed by atoms with van der Waals surface area (Å²) in [5.41, 5.74) is 3.00. The molecule has 0 fully saturated rings. The second-order valence-corrected chi connectivity index (χ2v) is 6.31. The topological polar surface area (TPSA) is 117 Å². The number of hydrogen-bond acceptors (Lipinski definition) is 8. The third kappa shape index (κ3) is 4.70. The Balaban J connectivity index is 1.33. The van der Waals surface area contributed by atoms with Crippen molar-refractivity contribution in [1.82, 2.24) is 30.3 Å². The highest BCUT2D eigenvalue weighted by molar-refractivity contribution is 5.53. The molecule has 0 bridgehead atoms. The van der Waals surface area contributed by atoms with Crippen LogP contribution in [0.1, 0.15) is 22.7 Å². The fourth-order valence-electron chi connectivity index (χ4n) is 2.69. The van der Waals surface area contributed by atoms with Gasteiger partial charge in [-0.1, -0.05) is 11.2 Å². The van der Waals surface area contributed by atoms with Crippen LogP contribution in [-0.2, 0) is 19.4 Å². The van der Waals surface area contributed by atoms with Gasteiger partial charge in [0, 0.05) is 30.7 Å². The Labute approximate surface area is 161 Å². The minimum Gasteiger partial charge on any atom is -0.359 e. The van der Waals surface area contributed by atoms with Gasteiger partial charge >= 0.3 is 0 Å². The van der Waals surface area contributed by atoms with Gasteiger partial charge in [-0.05, 0) is 37.5 Å². The van der Waals surface area contributed by atoms with Crippen LogP contribution in [0.5, 0.6) is 0 Å². The van der Waals surface area contributed by atoms with Crippen molar-refractivity contribution in [2.75, 3.05) is 10.6 Å². The van der Waals surface area contributed by atoms with E-state index in [0.717, 1.165) is 35.8 Å². The maximum atomic E-state index is 5.17. The first-order chi connectivity index (χ1) is 13.7. The second-order valence-electron chi connectivity index (χ2n) is 6.31. The minimum atomic E-state index is 0.465. The van der Waals surface area contributed by atoms with Gasteiger partial charge in [-0.3, -0.25) is 10.1 Å². The van der Waals surface area contributed by atoms with E-state index in [1.54, 1.807) is 18.5 Å². The van der Waals surface area contributed by atoms with Gasteiger partial charge in [0.25, 0.3) is 0 Å². The summed E-state index contributed by atoms with van der Waals surface area (Å²) in [5, 5.41) is 17.5. The minimum absolute atomic E-state index is 0.465. The number of H-pyrrole nitrogens is 1. The van der Waals surface area contributed by atoms with Gasteiger partial charge in [0.15, 0.2) is 5.76 Å². The molecule has 9 nitrogen and oxygen atoms in total. The molecule has 4 aromatic heterocycles. The molecule has 0 amide bonds. The lowest BCUT2D eigenvalue weighted by Crippen LogP contribution is -2.04. The standard InChI is InChI=1S/C19H20N8O/c1-13-9-16(28-27-13)12-22-19-21-8-6-17(24-19)23-18-10-15(25-26-18)5-4-14-3-2-7-20-11-14/h2-3,6-11H,4-5,12H2,1H3,(H3,21,22,23,24,25,26). The summed E-state index contributed by atoms with van der Waals surface area (Å²) in [7, 11) is 0. The lowest BCUT2D eigenvalue weighted by Gasteiger charge is -2.05. The average molecular weight is 376 g/mol. The molecule has 4 aromatic rings. The molecule has 4 rings (SSSR count). The summed E-state index contributed by atoms with van der Waals surface area (Å²) in [4.78, 5) is 12.8. The molecule has 0 aromatic carbocycles. The predicted molar refractivity (Wildman–Crippen MR) is 104 cm³/mol. The van der Waals surface area contributed by atoms with Gasteiger partial charge < -0.3 is 15.2 Å². The zero-order valence-corrected chi connectivity index (χ0v) is 15.4. The summed E-state index contributed by atoms with van der Waals surface area (Å²) in [6, 6.07) is 9.64. The van der Waals surface area contributed by atoms with Crippen molar-refractivity contribution in [3.8, 4) is 0 Å². The molecule has 142 valence electrons. The van der Waals surface area contributed by atoms with Crippen LogP contribution in [0.2, 0.25) is 0 Å². The second kappa shape index (κ2) is 8.30. The molecule has 0 radical (unpaired) electrons. The van der Waals surface area contributed by atoms with E-state index in [1.807, 2.05) is 31.3 Å². The molecule has 0 aliphatic heterocycles. The van der Waals surface area contributed by atoms with Crippen LogP contribution in [0.25, 0.3) is 0 Å². The summed E-state index contributed by atoms with van der Waals surface area (Å²) < 4.78 is 5.17. The normalized spacial score (nSPS) is 10.8. The third-order valence-electron chi connectivity index (χ3n) is 4.04. The molecule has 9 heteroatoms. The molecule has 0 saturated carbocycles. The van der Waals surface area contributed by atoms with E-state index in [-0.39, 0.29) is 0 Å². The summed E-state index contributed by atoms with van der Waals surface area (Å²) >= 11 is 0. The van der Waals surface area contributed by atoms with Crippen molar-refractivity contribution >= 4 is 17.6 Å². The van der Waals surface area contributed by atoms with E-state index in [0.29, 0.717) is 18.3 Å². The molecule has 0 aliphatic rings. The molecule has 0 spiro atoms. The first-order valence-corrected chi connectivity index (χ1v) is 8.94. The van der Waals surface area contributed by atoms with Crippen LogP contribution < -0.4 is 10.6 Å². The van der Waals surface area contributed by atoms with Gasteiger partial charge in [0.1, 0.15) is 11.6 Å². The van der Waals surface area contributed by atoms with Crippen LogP contribution in [0, 0.1) is 6.92 Å². The maximum Gasteiger partial charge on any atom is 0.224 e. The lowest BCUT2D eigenvalue weighted by atomic mass is 10.1. The summed E-state index contributed by atoms with van der Waals surface area (Å²) in [6.07, 6.45) is 7.06. The molecule has 28 heavy (non-hydrogen) atoms. The highest BCUT2D eigenvalue weighted by atomic mass is 16.5. The quantitative estimate of drug-likeness (QED) is 0.429. The van der Waals surface area contributed by atoms with Crippen LogP contribution in [0.3, 0.4) is 0 Å². The van der Waals surface area contributed by atoms with Crippen molar-refractivity contribution in [3.05, 3.63) is 71.6 Å². The maximum absolute atomic E-state index is 5.17. The third-order valence-corrected chi connectivity index (χ3v) is 4.04. The van der Waals surface area contributed by atoms with Gasteiger partial charge in [-0.25, -0.2) is 4.98 Å². The Morgan fingerprint density at radius 2 is 2.11 bits per heavy atom. The number of aromatic amines is 1.